The largest absolute Gasteiger partial charge is 0.356 e. The lowest BCUT2D eigenvalue weighted by molar-refractivity contribution is -0.120. The molecule has 0 saturated carbocycles. The molecule has 0 aliphatic rings. The summed E-state index contributed by atoms with van der Waals surface area (Å²) in [4.78, 5) is 21.8. The fourth-order valence-electron chi connectivity index (χ4n) is 4.00. The predicted molar refractivity (Wildman–Crippen MR) is 117 cm³/mol. The van der Waals surface area contributed by atoms with Gasteiger partial charge in [0, 0.05) is 24.2 Å². The van der Waals surface area contributed by atoms with Crippen LogP contribution in [-0.4, -0.2) is 27.0 Å². The number of nitrogens with zero attached hydrogens (tertiary/aromatic N) is 3. The van der Waals surface area contributed by atoms with Gasteiger partial charge in [-0.15, -0.1) is 0 Å². The zero-order chi connectivity index (χ0) is 20.4. The van der Waals surface area contributed by atoms with E-state index in [1.165, 1.54) is 0 Å². The highest BCUT2D eigenvalue weighted by molar-refractivity contribution is 5.86. The molecule has 0 radical (unpaired) electrons. The molecule has 4 rings (SSSR count). The van der Waals surface area contributed by atoms with Crippen LogP contribution in [0.3, 0.4) is 0 Å². The lowest BCUT2D eigenvalue weighted by Crippen LogP contribution is -2.27. The molecule has 0 bridgehead atoms. The van der Waals surface area contributed by atoms with Crippen molar-refractivity contribution in [2.75, 3.05) is 6.54 Å². The van der Waals surface area contributed by atoms with Crippen molar-refractivity contribution >= 4 is 27.8 Å². The Hall–Kier alpha value is -3.21. The van der Waals surface area contributed by atoms with Crippen LogP contribution in [0.1, 0.15) is 29.1 Å². The summed E-state index contributed by atoms with van der Waals surface area (Å²) in [6.45, 7) is 7.56. The molecular formula is C24H26N4O. The number of para-hydroxylation sites is 3. The number of hydrogen-bond acceptors (Lipinski definition) is 3. The second-order valence-electron chi connectivity index (χ2n) is 7.50. The van der Waals surface area contributed by atoms with Crippen molar-refractivity contribution in [2.45, 2.75) is 40.2 Å². The number of fused-ring (bicyclic) bond motifs is 2. The van der Waals surface area contributed by atoms with E-state index in [4.69, 9.17) is 0 Å². The standard InChI is InChI=1S/C24H26N4O/c1-16-19-9-4-5-10-21(19)26-17(2)20(16)15-24(29)25-13-8-14-28-18(3)27-22-11-6-7-12-23(22)28/h4-7,9-12H,8,13-15H2,1-3H3,(H,25,29). The third-order valence-electron chi connectivity index (χ3n) is 5.55. The number of aromatic nitrogens is 3. The molecule has 5 nitrogen and oxygen atoms in total. The number of aryl methyl sites for hydroxylation is 4. The molecule has 2 aromatic carbocycles. The zero-order valence-electron chi connectivity index (χ0n) is 17.2. The first-order valence-electron chi connectivity index (χ1n) is 10.1. The number of benzene rings is 2. The van der Waals surface area contributed by atoms with Crippen LogP contribution in [-0.2, 0) is 17.8 Å². The topological polar surface area (TPSA) is 59.8 Å². The summed E-state index contributed by atoms with van der Waals surface area (Å²) in [6.07, 6.45) is 1.23. The maximum absolute atomic E-state index is 12.5. The summed E-state index contributed by atoms with van der Waals surface area (Å²) in [7, 11) is 0. The number of carbonyl (C=O) groups is 1. The van der Waals surface area contributed by atoms with Gasteiger partial charge in [0.25, 0.3) is 0 Å². The first-order chi connectivity index (χ1) is 14.0. The third-order valence-corrected chi connectivity index (χ3v) is 5.55. The summed E-state index contributed by atoms with van der Waals surface area (Å²) in [5.41, 5.74) is 6.24. The number of nitrogens with one attached hydrogen (secondary N) is 1. The smallest absolute Gasteiger partial charge is 0.224 e. The van der Waals surface area contributed by atoms with E-state index in [2.05, 4.69) is 38.9 Å². The van der Waals surface area contributed by atoms with E-state index in [-0.39, 0.29) is 5.91 Å². The second kappa shape index (κ2) is 8.03. The lowest BCUT2D eigenvalue weighted by atomic mass is 9.99. The molecule has 0 aliphatic heterocycles. The van der Waals surface area contributed by atoms with E-state index in [1.54, 1.807) is 0 Å². The van der Waals surface area contributed by atoms with Crippen molar-refractivity contribution in [2.24, 2.45) is 0 Å². The molecule has 4 aromatic rings. The van der Waals surface area contributed by atoms with Crippen LogP contribution >= 0.6 is 0 Å². The van der Waals surface area contributed by atoms with Gasteiger partial charge in [0.2, 0.25) is 5.91 Å². The molecule has 0 atom stereocenters. The number of imidazole rings is 1. The Balaban J connectivity index is 1.37. The molecule has 0 aliphatic carbocycles. The van der Waals surface area contributed by atoms with Gasteiger partial charge in [0.1, 0.15) is 5.82 Å². The van der Waals surface area contributed by atoms with Gasteiger partial charge in [-0.05, 0) is 56.5 Å². The Morgan fingerprint density at radius 1 is 0.966 bits per heavy atom. The van der Waals surface area contributed by atoms with Gasteiger partial charge in [0.05, 0.1) is 23.0 Å². The number of amides is 1. The maximum atomic E-state index is 12.5. The predicted octanol–water partition coefficient (Wildman–Crippen LogP) is 4.26. The molecule has 0 unspecified atom stereocenters. The van der Waals surface area contributed by atoms with Crippen molar-refractivity contribution < 1.29 is 4.79 Å². The minimum atomic E-state index is 0.0421. The summed E-state index contributed by atoms with van der Waals surface area (Å²) < 4.78 is 2.21. The van der Waals surface area contributed by atoms with E-state index in [9.17, 15) is 4.79 Å². The fourth-order valence-corrected chi connectivity index (χ4v) is 4.00. The quantitative estimate of drug-likeness (QED) is 0.504. The minimum Gasteiger partial charge on any atom is -0.356 e. The molecule has 0 fully saturated rings. The van der Waals surface area contributed by atoms with Crippen LogP contribution in [0.4, 0.5) is 0 Å². The van der Waals surface area contributed by atoms with Crippen LogP contribution in [0.2, 0.25) is 0 Å². The normalized spacial score (nSPS) is 11.3. The average molecular weight is 386 g/mol. The first-order valence-corrected chi connectivity index (χ1v) is 10.1. The van der Waals surface area contributed by atoms with Gasteiger partial charge >= 0.3 is 0 Å². The van der Waals surface area contributed by atoms with Crippen molar-refractivity contribution in [1.82, 2.24) is 19.9 Å². The van der Waals surface area contributed by atoms with Crippen LogP contribution < -0.4 is 5.32 Å². The number of rotatable bonds is 6. The zero-order valence-corrected chi connectivity index (χ0v) is 17.2. The van der Waals surface area contributed by atoms with Gasteiger partial charge in [-0.3, -0.25) is 9.78 Å². The maximum Gasteiger partial charge on any atom is 0.224 e. The summed E-state index contributed by atoms with van der Waals surface area (Å²) in [5.74, 6) is 1.05. The Kier molecular flexibility index (Phi) is 5.30. The molecule has 29 heavy (non-hydrogen) atoms. The van der Waals surface area contributed by atoms with Crippen molar-refractivity contribution in [3.63, 3.8) is 0 Å². The van der Waals surface area contributed by atoms with Gasteiger partial charge in [-0.2, -0.15) is 0 Å². The highest BCUT2D eigenvalue weighted by atomic mass is 16.1. The van der Waals surface area contributed by atoms with Gasteiger partial charge in [0.15, 0.2) is 0 Å². The van der Waals surface area contributed by atoms with E-state index in [1.807, 2.05) is 50.2 Å². The lowest BCUT2D eigenvalue weighted by Gasteiger charge is -2.13. The Labute approximate surface area is 170 Å². The van der Waals surface area contributed by atoms with E-state index < -0.39 is 0 Å². The van der Waals surface area contributed by atoms with Crippen LogP contribution in [0.15, 0.2) is 48.5 Å². The van der Waals surface area contributed by atoms with Gasteiger partial charge < -0.3 is 9.88 Å². The molecule has 1 N–H and O–H groups in total. The number of pyridine rings is 1. The Morgan fingerprint density at radius 2 is 1.69 bits per heavy atom. The third kappa shape index (κ3) is 3.86. The Bertz CT molecular complexity index is 1190. The monoisotopic (exact) mass is 386 g/mol. The molecule has 1 amide bonds. The van der Waals surface area contributed by atoms with E-state index in [0.717, 1.165) is 57.5 Å². The molecule has 5 heteroatoms. The molecule has 0 saturated heterocycles. The molecule has 0 spiro atoms. The van der Waals surface area contributed by atoms with Crippen LogP contribution in [0.5, 0.6) is 0 Å². The number of hydrogen-bond donors (Lipinski definition) is 1. The minimum absolute atomic E-state index is 0.0421. The van der Waals surface area contributed by atoms with E-state index in [0.29, 0.717) is 13.0 Å². The van der Waals surface area contributed by atoms with Crippen molar-refractivity contribution in [3.05, 3.63) is 71.2 Å². The molecule has 2 aromatic heterocycles. The number of carbonyl (C=O) groups excluding carboxylic acids is 1. The van der Waals surface area contributed by atoms with Crippen molar-refractivity contribution in [3.8, 4) is 0 Å². The molecule has 2 heterocycles. The molecule has 148 valence electrons. The fraction of sp³-hybridized carbons (Fsp3) is 0.292. The Morgan fingerprint density at radius 3 is 2.52 bits per heavy atom. The van der Waals surface area contributed by atoms with Gasteiger partial charge in [-0.1, -0.05) is 30.3 Å². The second-order valence-corrected chi connectivity index (χ2v) is 7.50. The average Bonchev–Trinajstić information content (AvgIpc) is 3.03. The summed E-state index contributed by atoms with van der Waals surface area (Å²) >= 11 is 0. The van der Waals surface area contributed by atoms with Crippen molar-refractivity contribution in [1.29, 1.82) is 0 Å². The summed E-state index contributed by atoms with van der Waals surface area (Å²) in [6, 6.07) is 16.2. The van der Waals surface area contributed by atoms with Crippen LogP contribution in [0.25, 0.3) is 21.9 Å². The van der Waals surface area contributed by atoms with Gasteiger partial charge in [-0.25, -0.2) is 4.98 Å². The van der Waals surface area contributed by atoms with Crippen LogP contribution in [0, 0.1) is 20.8 Å². The highest BCUT2D eigenvalue weighted by Crippen LogP contribution is 2.23. The van der Waals surface area contributed by atoms with E-state index >= 15 is 0 Å². The molecular weight excluding hydrogens is 360 g/mol. The first kappa shape index (κ1) is 19.1. The highest BCUT2D eigenvalue weighted by Gasteiger charge is 2.13. The SMILES string of the molecule is Cc1nc2ccccc2c(C)c1CC(=O)NCCCn1c(C)nc2ccccc21. The summed E-state index contributed by atoms with van der Waals surface area (Å²) in [5, 5.41) is 4.18.